The largest absolute Gasteiger partial charge is 0.452 e. The van der Waals surface area contributed by atoms with Gasteiger partial charge in [-0.15, -0.1) is 0 Å². The molecular weight excluding hydrogens is 351 g/mol. The molecule has 1 N–H and O–H groups in total. The van der Waals surface area contributed by atoms with Crippen LogP contribution in [-0.2, 0) is 15.7 Å². The van der Waals surface area contributed by atoms with Crippen molar-refractivity contribution in [1.29, 1.82) is 0 Å². The van der Waals surface area contributed by atoms with Crippen molar-refractivity contribution < 1.29 is 32.3 Å². The Kier molecular flexibility index (Phi) is 5.76. The lowest BCUT2D eigenvalue weighted by molar-refractivity contribution is -0.137. The second-order valence-electron chi connectivity index (χ2n) is 5.34. The van der Waals surface area contributed by atoms with Gasteiger partial charge in [0.1, 0.15) is 0 Å². The van der Waals surface area contributed by atoms with Crippen LogP contribution < -0.4 is 5.32 Å². The summed E-state index contributed by atoms with van der Waals surface area (Å²) >= 11 is 0. The van der Waals surface area contributed by atoms with Crippen LogP contribution in [-0.4, -0.2) is 24.3 Å². The third-order valence-corrected chi connectivity index (χ3v) is 3.34. The van der Waals surface area contributed by atoms with E-state index in [-0.39, 0.29) is 11.3 Å². The SMILES string of the molecule is CC(=O)c1cccc(NC(=O)COC(=O)c2ccc(C(F)(F)F)cc2)c1. The minimum Gasteiger partial charge on any atom is -0.452 e. The molecule has 0 aliphatic carbocycles. The van der Waals surface area contributed by atoms with Gasteiger partial charge in [-0.05, 0) is 43.3 Å². The molecule has 1 amide bonds. The number of nitrogens with one attached hydrogen (secondary N) is 1. The third-order valence-electron chi connectivity index (χ3n) is 3.34. The lowest BCUT2D eigenvalue weighted by atomic mass is 10.1. The fourth-order valence-electron chi connectivity index (χ4n) is 2.02. The van der Waals surface area contributed by atoms with Crippen LogP contribution in [0.4, 0.5) is 18.9 Å². The number of ketones is 1. The van der Waals surface area contributed by atoms with Crippen LogP contribution >= 0.6 is 0 Å². The molecule has 26 heavy (non-hydrogen) atoms. The number of hydrogen-bond donors (Lipinski definition) is 1. The number of Topliss-reactive ketones (excluding diaryl/α,β-unsaturated/α-hetero) is 1. The first-order valence-electron chi connectivity index (χ1n) is 7.42. The zero-order chi connectivity index (χ0) is 19.3. The summed E-state index contributed by atoms with van der Waals surface area (Å²) in [4.78, 5) is 34.9. The molecule has 2 aromatic carbocycles. The van der Waals surface area contributed by atoms with Gasteiger partial charge in [0.15, 0.2) is 12.4 Å². The first kappa shape index (κ1) is 19.2. The molecule has 0 saturated heterocycles. The van der Waals surface area contributed by atoms with Crippen molar-refractivity contribution in [3.05, 3.63) is 65.2 Å². The number of halogens is 3. The molecule has 0 aliphatic rings. The van der Waals surface area contributed by atoms with Crippen molar-refractivity contribution in [1.82, 2.24) is 0 Å². The fourth-order valence-corrected chi connectivity index (χ4v) is 2.02. The van der Waals surface area contributed by atoms with E-state index in [1.54, 1.807) is 18.2 Å². The van der Waals surface area contributed by atoms with Gasteiger partial charge in [-0.2, -0.15) is 13.2 Å². The van der Waals surface area contributed by atoms with E-state index in [1.807, 2.05) is 0 Å². The molecule has 0 unspecified atom stereocenters. The van der Waals surface area contributed by atoms with Crippen LogP contribution in [0.3, 0.4) is 0 Å². The lowest BCUT2D eigenvalue weighted by Crippen LogP contribution is -2.21. The molecule has 0 bridgehead atoms. The molecule has 0 aliphatic heterocycles. The molecule has 8 heteroatoms. The van der Waals surface area contributed by atoms with Gasteiger partial charge in [-0.1, -0.05) is 12.1 Å². The molecule has 0 fully saturated rings. The smallest absolute Gasteiger partial charge is 0.416 e. The molecule has 2 aromatic rings. The second kappa shape index (κ2) is 7.81. The summed E-state index contributed by atoms with van der Waals surface area (Å²) in [6.07, 6.45) is -4.50. The average Bonchev–Trinajstić information content (AvgIpc) is 2.59. The van der Waals surface area contributed by atoms with Gasteiger partial charge in [0.25, 0.3) is 5.91 Å². The summed E-state index contributed by atoms with van der Waals surface area (Å²) in [5, 5.41) is 2.46. The van der Waals surface area contributed by atoms with Gasteiger partial charge in [-0.3, -0.25) is 9.59 Å². The van der Waals surface area contributed by atoms with Crippen LogP contribution in [0.25, 0.3) is 0 Å². The lowest BCUT2D eigenvalue weighted by Gasteiger charge is -2.09. The van der Waals surface area contributed by atoms with Gasteiger partial charge in [0.2, 0.25) is 0 Å². The molecular formula is C18H14F3NO4. The Morgan fingerprint density at radius 3 is 2.23 bits per heavy atom. The normalized spacial score (nSPS) is 10.9. The highest BCUT2D eigenvalue weighted by Crippen LogP contribution is 2.29. The van der Waals surface area contributed by atoms with Gasteiger partial charge in [0.05, 0.1) is 11.1 Å². The van der Waals surface area contributed by atoms with E-state index in [1.165, 1.54) is 13.0 Å². The number of carbonyl (C=O) groups excluding carboxylic acids is 3. The minimum absolute atomic E-state index is 0.107. The van der Waals surface area contributed by atoms with Gasteiger partial charge in [0, 0.05) is 11.3 Å². The minimum atomic E-state index is -4.50. The predicted octanol–water partition coefficient (Wildman–Crippen LogP) is 3.70. The molecule has 5 nitrogen and oxygen atoms in total. The molecule has 136 valence electrons. The Morgan fingerprint density at radius 1 is 1.00 bits per heavy atom. The van der Waals surface area contributed by atoms with Crippen LogP contribution in [0.2, 0.25) is 0 Å². The summed E-state index contributed by atoms with van der Waals surface area (Å²) in [6, 6.07) is 9.65. The summed E-state index contributed by atoms with van der Waals surface area (Å²) in [5.41, 5.74) is -0.237. The number of carbonyl (C=O) groups is 3. The van der Waals surface area contributed by atoms with Crippen LogP contribution in [0.15, 0.2) is 48.5 Å². The predicted molar refractivity (Wildman–Crippen MR) is 86.8 cm³/mol. The molecule has 0 heterocycles. The maximum atomic E-state index is 12.5. The number of amides is 1. The monoisotopic (exact) mass is 365 g/mol. The van der Waals surface area contributed by atoms with Crippen molar-refractivity contribution in [3.8, 4) is 0 Å². The van der Waals surface area contributed by atoms with E-state index >= 15 is 0 Å². The topological polar surface area (TPSA) is 72.5 Å². The standard InChI is InChI=1S/C18H14F3NO4/c1-11(23)13-3-2-4-15(9-13)22-16(24)10-26-17(25)12-5-7-14(8-6-12)18(19,20)21/h2-9H,10H2,1H3,(H,22,24). The number of ether oxygens (including phenoxy) is 1. The summed E-state index contributed by atoms with van der Waals surface area (Å²) in [6.45, 7) is 0.761. The quantitative estimate of drug-likeness (QED) is 0.648. The summed E-state index contributed by atoms with van der Waals surface area (Å²) < 4.78 is 42.2. The molecule has 0 radical (unpaired) electrons. The van der Waals surface area contributed by atoms with E-state index in [0.29, 0.717) is 11.3 Å². The van der Waals surface area contributed by atoms with Crippen molar-refractivity contribution in [2.24, 2.45) is 0 Å². The van der Waals surface area contributed by atoms with E-state index in [4.69, 9.17) is 4.74 Å². The van der Waals surface area contributed by atoms with Crippen molar-refractivity contribution >= 4 is 23.3 Å². The molecule has 0 saturated carbocycles. The summed E-state index contributed by atoms with van der Waals surface area (Å²) in [5.74, 6) is -1.74. The van der Waals surface area contributed by atoms with E-state index in [2.05, 4.69) is 5.32 Å². The zero-order valence-corrected chi connectivity index (χ0v) is 13.6. The zero-order valence-electron chi connectivity index (χ0n) is 13.6. The van der Waals surface area contributed by atoms with Gasteiger partial charge < -0.3 is 10.1 Å². The highest BCUT2D eigenvalue weighted by Gasteiger charge is 2.30. The first-order valence-corrected chi connectivity index (χ1v) is 7.42. The second-order valence-corrected chi connectivity index (χ2v) is 5.34. The van der Waals surface area contributed by atoms with E-state index in [9.17, 15) is 27.6 Å². The van der Waals surface area contributed by atoms with Crippen LogP contribution in [0.5, 0.6) is 0 Å². The molecule has 0 aromatic heterocycles. The highest BCUT2D eigenvalue weighted by molar-refractivity contribution is 5.98. The Morgan fingerprint density at radius 2 is 1.65 bits per heavy atom. The number of rotatable bonds is 5. The maximum Gasteiger partial charge on any atom is 0.416 e. The van der Waals surface area contributed by atoms with Gasteiger partial charge in [-0.25, -0.2) is 4.79 Å². The van der Waals surface area contributed by atoms with Crippen LogP contribution in [0, 0.1) is 0 Å². The Labute approximate surface area is 146 Å². The van der Waals surface area contributed by atoms with Crippen molar-refractivity contribution in [2.75, 3.05) is 11.9 Å². The molecule has 0 spiro atoms. The highest BCUT2D eigenvalue weighted by atomic mass is 19.4. The van der Waals surface area contributed by atoms with Crippen molar-refractivity contribution in [2.45, 2.75) is 13.1 Å². The van der Waals surface area contributed by atoms with E-state index in [0.717, 1.165) is 24.3 Å². The van der Waals surface area contributed by atoms with Crippen molar-refractivity contribution in [3.63, 3.8) is 0 Å². The number of alkyl halides is 3. The Hall–Kier alpha value is -3.16. The molecule has 0 atom stereocenters. The average molecular weight is 365 g/mol. The Bertz CT molecular complexity index is 829. The third kappa shape index (κ3) is 5.17. The molecule has 2 rings (SSSR count). The van der Waals surface area contributed by atoms with E-state index < -0.39 is 30.2 Å². The number of anilines is 1. The number of esters is 1. The van der Waals surface area contributed by atoms with Crippen LogP contribution in [0.1, 0.15) is 33.2 Å². The first-order chi connectivity index (χ1) is 12.2. The summed E-state index contributed by atoms with van der Waals surface area (Å²) in [7, 11) is 0. The maximum absolute atomic E-state index is 12.5. The number of benzene rings is 2. The van der Waals surface area contributed by atoms with Gasteiger partial charge >= 0.3 is 12.1 Å². The number of hydrogen-bond acceptors (Lipinski definition) is 4. The Balaban J connectivity index is 1.91. The fraction of sp³-hybridized carbons (Fsp3) is 0.167.